The number of ether oxygens (including phenoxy) is 3. The maximum absolute atomic E-state index is 12.6. The summed E-state index contributed by atoms with van der Waals surface area (Å²) >= 11 is 0. The smallest absolute Gasteiger partial charge is 0.416 e. The molecule has 0 aliphatic heterocycles. The second-order valence-electron chi connectivity index (χ2n) is 3.29. The molecule has 17 heavy (non-hydrogen) atoms. The van der Waals surface area contributed by atoms with Gasteiger partial charge in [-0.1, -0.05) is 0 Å². The van der Waals surface area contributed by atoms with Gasteiger partial charge in [0.25, 0.3) is 0 Å². The first-order valence-electron chi connectivity index (χ1n) is 4.75. The van der Waals surface area contributed by atoms with Crippen LogP contribution < -0.4 is 9.47 Å². The summed E-state index contributed by atoms with van der Waals surface area (Å²) in [7, 11) is 4.04. The Hall–Kier alpha value is -1.43. The average molecular weight is 250 g/mol. The van der Waals surface area contributed by atoms with E-state index in [4.69, 9.17) is 14.2 Å². The van der Waals surface area contributed by atoms with E-state index in [1.807, 2.05) is 0 Å². The third-order valence-corrected chi connectivity index (χ3v) is 2.22. The zero-order valence-corrected chi connectivity index (χ0v) is 9.72. The molecular weight excluding hydrogens is 237 g/mol. The normalized spacial score (nSPS) is 11.4. The molecular formula is C11H13F3O3. The molecule has 0 aliphatic carbocycles. The maximum Gasteiger partial charge on any atom is 0.416 e. The molecule has 0 fully saturated rings. The molecule has 0 heterocycles. The minimum atomic E-state index is -4.44. The summed E-state index contributed by atoms with van der Waals surface area (Å²) in [5.41, 5.74) is -0.364. The second kappa shape index (κ2) is 5.27. The Morgan fingerprint density at radius 2 is 1.47 bits per heavy atom. The Morgan fingerprint density at radius 3 is 1.76 bits per heavy atom. The summed E-state index contributed by atoms with van der Waals surface area (Å²) in [6, 6.07) is 1.85. The van der Waals surface area contributed by atoms with Crippen molar-refractivity contribution in [2.75, 3.05) is 21.3 Å². The molecule has 0 radical (unpaired) electrons. The molecule has 0 bridgehead atoms. The van der Waals surface area contributed by atoms with Crippen molar-refractivity contribution in [2.45, 2.75) is 12.8 Å². The number of rotatable bonds is 4. The van der Waals surface area contributed by atoms with Gasteiger partial charge in [0.1, 0.15) is 11.5 Å². The molecule has 3 nitrogen and oxygen atoms in total. The molecule has 0 saturated heterocycles. The van der Waals surface area contributed by atoms with Gasteiger partial charge in [0, 0.05) is 7.11 Å². The molecule has 0 spiro atoms. The highest BCUT2D eigenvalue weighted by molar-refractivity contribution is 5.48. The first-order chi connectivity index (χ1) is 7.93. The number of benzene rings is 1. The second-order valence-corrected chi connectivity index (χ2v) is 3.29. The van der Waals surface area contributed by atoms with E-state index >= 15 is 0 Å². The van der Waals surface area contributed by atoms with Crippen molar-refractivity contribution in [3.63, 3.8) is 0 Å². The molecule has 1 aromatic carbocycles. The quantitative estimate of drug-likeness (QED) is 0.822. The van der Waals surface area contributed by atoms with Crippen LogP contribution in [0.25, 0.3) is 0 Å². The summed E-state index contributed by atoms with van der Waals surface area (Å²) < 4.78 is 52.5. The molecule has 0 amide bonds. The predicted molar refractivity (Wildman–Crippen MR) is 55.3 cm³/mol. The monoisotopic (exact) mass is 250 g/mol. The van der Waals surface area contributed by atoms with Crippen molar-refractivity contribution in [1.29, 1.82) is 0 Å². The van der Waals surface area contributed by atoms with Crippen LogP contribution in [0.5, 0.6) is 11.5 Å². The molecule has 0 N–H and O–H groups in total. The Bertz CT molecular complexity index is 363. The van der Waals surface area contributed by atoms with Crippen LogP contribution in [0.2, 0.25) is 0 Å². The molecule has 0 unspecified atom stereocenters. The van der Waals surface area contributed by atoms with Crippen molar-refractivity contribution in [2.24, 2.45) is 0 Å². The minimum absolute atomic E-state index is 0.0959. The number of hydrogen-bond acceptors (Lipinski definition) is 3. The van der Waals surface area contributed by atoms with Crippen LogP contribution in [0.3, 0.4) is 0 Å². The van der Waals surface area contributed by atoms with Gasteiger partial charge in [-0.05, 0) is 12.1 Å². The van der Waals surface area contributed by atoms with Crippen molar-refractivity contribution >= 4 is 0 Å². The van der Waals surface area contributed by atoms with E-state index in [2.05, 4.69) is 0 Å². The lowest BCUT2D eigenvalue weighted by Crippen LogP contribution is -2.08. The zero-order valence-electron chi connectivity index (χ0n) is 9.72. The average Bonchev–Trinajstić information content (AvgIpc) is 2.28. The first-order valence-corrected chi connectivity index (χ1v) is 4.75. The van der Waals surface area contributed by atoms with Crippen LogP contribution in [-0.2, 0) is 17.5 Å². The van der Waals surface area contributed by atoms with Gasteiger partial charge >= 0.3 is 6.18 Å². The molecule has 6 heteroatoms. The molecule has 0 atom stereocenters. The van der Waals surface area contributed by atoms with Gasteiger partial charge in [-0.15, -0.1) is 0 Å². The number of hydrogen-bond donors (Lipinski definition) is 0. The molecule has 0 saturated carbocycles. The highest BCUT2D eigenvalue weighted by Crippen LogP contribution is 2.38. The van der Waals surface area contributed by atoms with Gasteiger partial charge in [-0.3, -0.25) is 0 Å². The highest BCUT2D eigenvalue weighted by atomic mass is 19.4. The molecule has 0 aromatic heterocycles. The summed E-state index contributed by atoms with van der Waals surface area (Å²) in [6.45, 7) is 0.116. The highest BCUT2D eigenvalue weighted by Gasteiger charge is 2.32. The summed E-state index contributed by atoms with van der Waals surface area (Å²) in [5.74, 6) is 0.192. The van der Waals surface area contributed by atoms with Gasteiger partial charge in [0.05, 0.1) is 32.0 Å². The molecule has 1 rings (SSSR count). The fraction of sp³-hybridized carbons (Fsp3) is 0.455. The van der Waals surface area contributed by atoms with Gasteiger partial charge < -0.3 is 14.2 Å². The standard InChI is InChI=1S/C11H13F3O3/c1-15-6-8-9(16-2)4-7(11(12,13)14)5-10(8)17-3/h4-5H,6H2,1-3H3. The van der Waals surface area contributed by atoms with Crippen molar-refractivity contribution in [3.8, 4) is 11.5 Å². The summed E-state index contributed by atoms with van der Waals surface area (Å²) in [5, 5.41) is 0. The fourth-order valence-electron chi connectivity index (χ4n) is 1.43. The van der Waals surface area contributed by atoms with E-state index in [-0.39, 0.29) is 18.1 Å². The van der Waals surface area contributed by atoms with Crippen LogP contribution in [0.4, 0.5) is 13.2 Å². The summed E-state index contributed by atoms with van der Waals surface area (Å²) in [6.07, 6.45) is -4.44. The van der Waals surface area contributed by atoms with Gasteiger partial charge in [-0.2, -0.15) is 13.2 Å². The third-order valence-electron chi connectivity index (χ3n) is 2.22. The third kappa shape index (κ3) is 3.03. The predicted octanol–water partition coefficient (Wildman–Crippen LogP) is 2.87. The van der Waals surface area contributed by atoms with Crippen molar-refractivity contribution in [3.05, 3.63) is 23.3 Å². The van der Waals surface area contributed by atoms with E-state index in [0.29, 0.717) is 5.56 Å². The van der Waals surface area contributed by atoms with E-state index in [9.17, 15) is 13.2 Å². The topological polar surface area (TPSA) is 27.7 Å². The lowest BCUT2D eigenvalue weighted by Gasteiger charge is -2.16. The van der Waals surface area contributed by atoms with Gasteiger partial charge in [0.15, 0.2) is 0 Å². The van der Waals surface area contributed by atoms with E-state index in [0.717, 1.165) is 12.1 Å². The van der Waals surface area contributed by atoms with Crippen LogP contribution >= 0.6 is 0 Å². The molecule has 96 valence electrons. The largest absolute Gasteiger partial charge is 0.496 e. The molecule has 1 aromatic rings. The van der Waals surface area contributed by atoms with Crippen LogP contribution in [-0.4, -0.2) is 21.3 Å². The van der Waals surface area contributed by atoms with Crippen molar-refractivity contribution in [1.82, 2.24) is 0 Å². The number of alkyl halides is 3. The Kier molecular flexibility index (Phi) is 4.22. The number of methoxy groups -OCH3 is 3. The minimum Gasteiger partial charge on any atom is -0.496 e. The van der Waals surface area contributed by atoms with Crippen molar-refractivity contribution < 1.29 is 27.4 Å². The van der Waals surface area contributed by atoms with Crippen LogP contribution in [0, 0.1) is 0 Å². The first kappa shape index (κ1) is 13.6. The lowest BCUT2D eigenvalue weighted by molar-refractivity contribution is -0.137. The SMILES string of the molecule is COCc1c(OC)cc(C(F)(F)F)cc1OC. The fourth-order valence-corrected chi connectivity index (χ4v) is 1.43. The number of halogens is 3. The van der Waals surface area contributed by atoms with E-state index in [1.54, 1.807) is 0 Å². The zero-order chi connectivity index (χ0) is 13.1. The van der Waals surface area contributed by atoms with Gasteiger partial charge in [0.2, 0.25) is 0 Å². The van der Waals surface area contributed by atoms with E-state index in [1.165, 1.54) is 21.3 Å². The Morgan fingerprint density at radius 1 is 1.00 bits per heavy atom. The van der Waals surface area contributed by atoms with Crippen LogP contribution in [0.1, 0.15) is 11.1 Å². The van der Waals surface area contributed by atoms with E-state index < -0.39 is 11.7 Å². The Balaban J connectivity index is 3.33. The Labute approximate surface area is 97.1 Å². The molecule has 0 aliphatic rings. The maximum atomic E-state index is 12.6. The lowest BCUT2D eigenvalue weighted by atomic mass is 10.1. The van der Waals surface area contributed by atoms with Gasteiger partial charge in [-0.25, -0.2) is 0 Å². The van der Waals surface area contributed by atoms with Crippen LogP contribution in [0.15, 0.2) is 12.1 Å². The summed E-state index contributed by atoms with van der Waals surface area (Å²) in [4.78, 5) is 0.